The fourth-order valence-electron chi connectivity index (χ4n) is 5.46. The van der Waals surface area contributed by atoms with Crippen LogP contribution in [-0.4, -0.2) is 54.0 Å². The van der Waals surface area contributed by atoms with Gasteiger partial charge in [-0.15, -0.1) is 0 Å². The van der Waals surface area contributed by atoms with Crippen LogP contribution in [0.1, 0.15) is 17.5 Å². The highest BCUT2D eigenvalue weighted by Crippen LogP contribution is 2.34. The molecule has 0 saturated carbocycles. The first-order chi connectivity index (χ1) is 19.3. The van der Waals surface area contributed by atoms with Crippen molar-refractivity contribution in [2.75, 3.05) is 13.1 Å². The average Bonchev–Trinajstić information content (AvgIpc) is 3.63. The average molecular weight is 540 g/mol. The molecule has 0 spiro atoms. The fourth-order valence-corrected chi connectivity index (χ4v) is 5.46. The summed E-state index contributed by atoms with van der Waals surface area (Å²) in [6.45, 7) is 2.39. The van der Waals surface area contributed by atoms with Gasteiger partial charge in [0.15, 0.2) is 0 Å². The van der Waals surface area contributed by atoms with Crippen molar-refractivity contribution in [2.24, 2.45) is 0 Å². The molecule has 40 heavy (non-hydrogen) atoms. The van der Waals surface area contributed by atoms with E-state index in [-0.39, 0.29) is 18.8 Å². The van der Waals surface area contributed by atoms with Crippen LogP contribution in [0, 0.1) is 12.7 Å². The Balaban J connectivity index is 1.25. The predicted octanol–water partition coefficient (Wildman–Crippen LogP) is 6.52. The Morgan fingerprint density at radius 3 is 2.65 bits per heavy atom. The largest absolute Gasteiger partial charge is 0.352 e. The number of fused-ring (bicyclic) bond motifs is 2. The lowest BCUT2D eigenvalue weighted by molar-refractivity contribution is 0.0115. The number of benzene rings is 1. The lowest BCUT2D eigenvalue weighted by Crippen LogP contribution is -2.24. The van der Waals surface area contributed by atoms with Crippen molar-refractivity contribution in [3.63, 3.8) is 0 Å². The maximum absolute atomic E-state index is 14.2. The van der Waals surface area contributed by atoms with Gasteiger partial charge in [-0.2, -0.15) is 5.10 Å². The Morgan fingerprint density at radius 2 is 1.82 bits per heavy atom. The lowest BCUT2D eigenvalue weighted by atomic mass is 10.0. The first kappa shape index (κ1) is 24.5. The normalized spacial score (nSPS) is 15.4. The van der Waals surface area contributed by atoms with E-state index in [2.05, 4.69) is 25.1 Å². The number of hydrogen-bond acceptors (Lipinski definition) is 5. The van der Waals surface area contributed by atoms with Gasteiger partial charge in [0.1, 0.15) is 17.0 Å². The molecular formula is C30H24F3N7. The van der Waals surface area contributed by atoms with Crippen LogP contribution in [0.5, 0.6) is 0 Å². The first-order valence-corrected chi connectivity index (χ1v) is 13.0. The van der Waals surface area contributed by atoms with E-state index < -0.39 is 5.92 Å². The minimum atomic E-state index is -2.63. The van der Waals surface area contributed by atoms with E-state index in [1.54, 1.807) is 29.7 Å². The molecule has 10 heteroatoms. The van der Waals surface area contributed by atoms with Gasteiger partial charge in [0.2, 0.25) is 0 Å². The predicted molar refractivity (Wildman–Crippen MR) is 147 cm³/mol. The van der Waals surface area contributed by atoms with Crippen LogP contribution in [0.15, 0.2) is 67.3 Å². The van der Waals surface area contributed by atoms with Gasteiger partial charge in [-0.25, -0.2) is 18.2 Å². The minimum absolute atomic E-state index is 0.116. The number of nitrogens with zero attached hydrogens (tertiary/aromatic N) is 5. The molecule has 0 bridgehead atoms. The Hall–Kier alpha value is -4.57. The summed E-state index contributed by atoms with van der Waals surface area (Å²) in [5, 5.41) is 8.48. The smallest absolute Gasteiger partial charge is 0.261 e. The molecule has 200 valence electrons. The molecule has 1 aliphatic rings. The molecule has 1 saturated heterocycles. The van der Waals surface area contributed by atoms with Crippen molar-refractivity contribution >= 4 is 21.9 Å². The molecule has 7 nitrogen and oxygen atoms in total. The van der Waals surface area contributed by atoms with E-state index in [0.717, 1.165) is 49.9 Å². The molecule has 6 heterocycles. The fraction of sp³-hybridized carbons (Fsp3) is 0.200. The molecule has 5 aromatic heterocycles. The molecule has 2 N–H and O–H groups in total. The second-order valence-corrected chi connectivity index (χ2v) is 10.4. The maximum atomic E-state index is 14.2. The van der Waals surface area contributed by atoms with Crippen LogP contribution in [0.3, 0.4) is 0 Å². The number of H-pyrrole nitrogens is 2. The van der Waals surface area contributed by atoms with Crippen molar-refractivity contribution in [1.29, 1.82) is 0 Å². The maximum Gasteiger partial charge on any atom is 0.261 e. The number of likely N-dealkylation sites (tertiary alicyclic amines) is 1. The molecule has 0 amide bonds. The standard InChI is InChI=1S/C30H24F3N7/c1-17-6-19(9-21(31)7-17)23-13-35-14-27-22(23)10-26(36-27)29-28-25(38-39-29)3-2-24(37-28)20-8-18(11-34-12-20)15-40-5-4-30(32,33)16-40/h2-3,6-14,36H,4-5,15-16H2,1H3,(H,38,39). The number of aryl methyl sites for hydroxylation is 1. The second kappa shape index (κ2) is 9.27. The van der Waals surface area contributed by atoms with E-state index in [9.17, 15) is 13.2 Å². The number of rotatable bonds is 5. The summed E-state index contributed by atoms with van der Waals surface area (Å²) in [7, 11) is 0. The molecule has 7 rings (SSSR count). The van der Waals surface area contributed by atoms with Crippen LogP contribution in [0.25, 0.3) is 55.7 Å². The van der Waals surface area contributed by atoms with Crippen molar-refractivity contribution in [1.82, 2.24) is 35.0 Å². The van der Waals surface area contributed by atoms with Crippen LogP contribution in [-0.2, 0) is 6.54 Å². The Bertz CT molecular complexity index is 1870. The summed E-state index contributed by atoms with van der Waals surface area (Å²) in [5.41, 5.74) is 8.35. The third kappa shape index (κ3) is 4.50. The number of aromatic amines is 2. The van der Waals surface area contributed by atoms with Gasteiger partial charge in [-0.1, -0.05) is 6.07 Å². The Kier molecular flexibility index (Phi) is 5.67. The number of nitrogens with one attached hydrogen (secondary N) is 2. The minimum Gasteiger partial charge on any atom is -0.352 e. The highest BCUT2D eigenvalue weighted by molar-refractivity contribution is 6.00. The second-order valence-electron chi connectivity index (χ2n) is 10.4. The van der Waals surface area contributed by atoms with Crippen molar-refractivity contribution < 1.29 is 13.2 Å². The summed E-state index contributed by atoms with van der Waals surface area (Å²) >= 11 is 0. The first-order valence-electron chi connectivity index (χ1n) is 13.0. The van der Waals surface area contributed by atoms with Gasteiger partial charge in [0.25, 0.3) is 5.92 Å². The third-order valence-corrected chi connectivity index (χ3v) is 7.31. The van der Waals surface area contributed by atoms with Crippen molar-refractivity contribution in [2.45, 2.75) is 25.8 Å². The topological polar surface area (TPSA) is 86.4 Å². The van der Waals surface area contributed by atoms with Gasteiger partial charge in [-0.05, 0) is 60.0 Å². The van der Waals surface area contributed by atoms with E-state index in [4.69, 9.17) is 4.98 Å². The zero-order chi connectivity index (χ0) is 27.4. The van der Waals surface area contributed by atoms with Crippen LogP contribution in [0.2, 0.25) is 0 Å². The van der Waals surface area contributed by atoms with Gasteiger partial charge in [-0.3, -0.25) is 20.0 Å². The van der Waals surface area contributed by atoms with Crippen molar-refractivity contribution in [3.05, 3.63) is 84.2 Å². The molecule has 0 radical (unpaired) electrons. The number of pyridine rings is 3. The molecule has 1 aromatic carbocycles. The molecule has 0 aliphatic carbocycles. The van der Waals surface area contributed by atoms with Crippen LogP contribution < -0.4 is 0 Å². The number of aromatic nitrogens is 6. The molecular weight excluding hydrogens is 515 g/mol. The highest BCUT2D eigenvalue weighted by Gasteiger charge is 2.37. The van der Waals surface area contributed by atoms with E-state index in [1.807, 2.05) is 37.3 Å². The van der Waals surface area contributed by atoms with Crippen molar-refractivity contribution in [3.8, 4) is 33.8 Å². The van der Waals surface area contributed by atoms with Gasteiger partial charge in [0, 0.05) is 54.6 Å². The Labute approximate surface area is 227 Å². The summed E-state index contributed by atoms with van der Waals surface area (Å²) in [6.07, 6.45) is 6.77. The van der Waals surface area contributed by atoms with Crippen LogP contribution >= 0.6 is 0 Å². The SMILES string of the molecule is Cc1cc(F)cc(-c2cncc3[nH]c(-c4n[nH]c5ccc(-c6cncc(CN7CCC(F)(F)C7)c6)nc45)cc23)c1. The molecule has 0 atom stereocenters. The highest BCUT2D eigenvalue weighted by atomic mass is 19.3. The third-order valence-electron chi connectivity index (χ3n) is 7.31. The summed E-state index contributed by atoms with van der Waals surface area (Å²) in [5.74, 6) is -2.93. The Morgan fingerprint density at radius 1 is 0.950 bits per heavy atom. The summed E-state index contributed by atoms with van der Waals surface area (Å²) < 4.78 is 41.5. The summed E-state index contributed by atoms with van der Waals surface area (Å²) in [4.78, 5) is 18.7. The number of hydrogen-bond donors (Lipinski definition) is 2. The van der Waals surface area contributed by atoms with E-state index >= 15 is 0 Å². The monoisotopic (exact) mass is 539 g/mol. The molecule has 0 unspecified atom stereocenters. The van der Waals surface area contributed by atoms with Gasteiger partial charge < -0.3 is 4.98 Å². The summed E-state index contributed by atoms with van der Waals surface area (Å²) in [6, 6.07) is 12.6. The van der Waals surface area contributed by atoms with E-state index in [1.165, 1.54) is 12.1 Å². The molecule has 1 aliphatic heterocycles. The lowest BCUT2D eigenvalue weighted by Gasteiger charge is -2.15. The number of alkyl halides is 2. The molecule has 1 fully saturated rings. The van der Waals surface area contributed by atoms with Gasteiger partial charge >= 0.3 is 0 Å². The van der Waals surface area contributed by atoms with E-state index in [0.29, 0.717) is 30.0 Å². The van der Waals surface area contributed by atoms with Gasteiger partial charge in [0.05, 0.1) is 35.2 Å². The quantitative estimate of drug-likeness (QED) is 0.261. The van der Waals surface area contributed by atoms with Crippen LogP contribution in [0.4, 0.5) is 13.2 Å². The zero-order valence-electron chi connectivity index (χ0n) is 21.5. The zero-order valence-corrected chi connectivity index (χ0v) is 21.5. The molecule has 6 aromatic rings. The number of halogens is 3.